The van der Waals surface area contributed by atoms with Gasteiger partial charge in [0.1, 0.15) is 0 Å². The van der Waals surface area contributed by atoms with Crippen LogP contribution in [0.2, 0.25) is 0 Å². The van der Waals surface area contributed by atoms with Crippen LogP contribution in [0.25, 0.3) is 0 Å². The number of aromatic carboxylic acids is 1. The van der Waals surface area contributed by atoms with E-state index in [1.807, 2.05) is 5.38 Å². The molecular weight excluding hydrogens is 250 g/mol. The Morgan fingerprint density at radius 3 is 2.89 bits per heavy atom. The number of hydrogen-bond acceptors (Lipinski definition) is 5. The van der Waals surface area contributed by atoms with Crippen LogP contribution in [0.3, 0.4) is 0 Å². The number of carbonyl (C=O) groups is 1. The highest BCUT2D eigenvalue weighted by atomic mass is 32.1. The molecule has 4 rings (SSSR count). The Morgan fingerprint density at radius 2 is 2.33 bits per heavy atom. The van der Waals surface area contributed by atoms with E-state index >= 15 is 0 Å². The first-order valence-corrected chi connectivity index (χ1v) is 7.24. The molecule has 0 spiro atoms. The van der Waals surface area contributed by atoms with Crippen LogP contribution in [0.5, 0.6) is 0 Å². The highest BCUT2D eigenvalue weighted by Gasteiger charge is 2.33. The van der Waals surface area contributed by atoms with Crippen LogP contribution in [0, 0.1) is 5.92 Å². The largest absolute Gasteiger partial charge is 0.476 e. The number of piperidine rings is 3. The van der Waals surface area contributed by atoms with Crippen molar-refractivity contribution in [1.82, 2.24) is 15.2 Å². The number of carboxylic acid groups (broad SMARTS) is 1. The Hall–Kier alpha value is -0.980. The van der Waals surface area contributed by atoms with Gasteiger partial charge in [-0.15, -0.1) is 11.3 Å². The highest BCUT2D eigenvalue weighted by Crippen LogP contribution is 2.27. The number of thiazole rings is 1. The maximum atomic E-state index is 10.7. The van der Waals surface area contributed by atoms with Gasteiger partial charge in [-0.3, -0.25) is 0 Å². The molecule has 0 aromatic carbocycles. The molecule has 1 atom stereocenters. The van der Waals surface area contributed by atoms with Crippen molar-refractivity contribution in [3.8, 4) is 0 Å². The Kier molecular flexibility index (Phi) is 3.32. The summed E-state index contributed by atoms with van der Waals surface area (Å²) in [6, 6.07) is 0.544. The molecule has 3 aliphatic heterocycles. The summed E-state index contributed by atoms with van der Waals surface area (Å²) < 4.78 is 0. The first kappa shape index (κ1) is 12.1. The second kappa shape index (κ2) is 4.95. The molecule has 18 heavy (non-hydrogen) atoms. The fourth-order valence-electron chi connectivity index (χ4n) is 2.92. The van der Waals surface area contributed by atoms with Crippen LogP contribution in [0.4, 0.5) is 0 Å². The van der Waals surface area contributed by atoms with Crippen LogP contribution >= 0.6 is 11.3 Å². The fourth-order valence-corrected chi connectivity index (χ4v) is 3.57. The van der Waals surface area contributed by atoms with Crippen LogP contribution in [0.1, 0.15) is 28.3 Å². The second-order valence-electron chi connectivity index (χ2n) is 5.07. The van der Waals surface area contributed by atoms with Gasteiger partial charge >= 0.3 is 5.97 Å². The van der Waals surface area contributed by atoms with Crippen molar-refractivity contribution in [2.24, 2.45) is 5.92 Å². The third kappa shape index (κ3) is 2.41. The molecule has 1 aromatic rings. The molecule has 1 aromatic heterocycles. The minimum absolute atomic E-state index is 0.181. The zero-order valence-electron chi connectivity index (χ0n) is 10.1. The quantitative estimate of drug-likeness (QED) is 0.853. The van der Waals surface area contributed by atoms with Crippen molar-refractivity contribution in [3.05, 3.63) is 16.1 Å². The van der Waals surface area contributed by atoms with Crippen LogP contribution in [0.15, 0.2) is 5.38 Å². The summed E-state index contributed by atoms with van der Waals surface area (Å²) in [5, 5.41) is 14.4. The van der Waals surface area contributed by atoms with Gasteiger partial charge in [0.05, 0.1) is 5.69 Å². The van der Waals surface area contributed by atoms with Crippen molar-refractivity contribution >= 4 is 17.3 Å². The maximum Gasteiger partial charge on any atom is 0.365 e. The van der Waals surface area contributed by atoms with E-state index in [0.717, 1.165) is 18.2 Å². The van der Waals surface area contributed by atoms with E-state index in [0.29, 0.717) is 12.6 Å². The van der Waals surface area contributed by atoms with Gasteiger partial charge in [0.25, 0.3) is 0 Å². The van der Waals surface area contributed by atoms with Crippen molar-refractivity contribution in [1.29, 1.82) is 0 Å². The van der Waals surface area contributed by atoms with Gasteiger partial charge in [0, 0.05) is 24.5 Å². The number of hydrogen-bond donors (Lipinski definition) is 2. The summed E-state index contributed by atoms with van der Waals surface area (Å²) in [7, 11) is 0. The number of rotatable bonds is 4. The summed E-state index contributed by atoms with van der Waals surface area (Å²) >= 11 is 1.20. The van der Waals surface area contributed by atoms with E-state index in [9.17, 15) is 4.79 Å². The number of carboxylic acids is 1. The normalized spacial score (nSPS) is 30.6. The molecule has 3 aliphatic rings. The molecule has 0 saturated carbocycles. The third-order valence-electron chi connectivity index (χ3n) is 3.94. The lowest BCUT2D eigenvalue weighted by Gasteiger charge is -2.45. The zero-order chi connectivity index (χ0) is 12.5. The van der Waals surface area contributed by atoms with Crippen molar-refractivity contribution < 1.29 is 9.90 Å². The van der Waals surface area contributed by atoms with Crippen molar-refractivity contribution in [2.75, 3.05) is 19.6 Å². The van der Waals surface area contributed by atoms with Gasteiger partial charge in [-0.25, -0.2) is 9.78 Å². The predicted molar refractivity (Wildman–Crippen MR) is 68.9 cm³/mol. The van der Waals surface area contributed by atoms with E-state index in [1.54, 1.807) is 0 Å². The van der Waals surface area contributed by atoms with Gasteiger partial charge in [0.15, 0.2) is 0 Å². The molecule has 2 bridgehead atoms. The van der Waals surface area contributed by atoms with E-state index in [2.05, 4.69) is 15.2 Å². The molecule has 2 N–H and O–H groups in total. The molecular formula is C12H17N3O2S. The summed E-state index contributed by atoms with van der Waals surface area (Å²) in [4.78, 5) is 17.3. The minimum Gasteiger partial charge on any atom is -0.476 e. The molecule has 1 unspecified atom stereocenters. The fraction of sp³-hybridized carbons (Fsp3) is 0.667. The number of fused-ring (bicyclic) bond motifs is 3. The predicted octanol–water partition coefficient (Wildman–Crippen LogP) is 1.03. The zero-order valence-corrected chi connectivity index (χ0v) is 10.9. The third-order valence-corrected chi connectivity index (χ3v) is 4.82. The van der Waals surface area contributed by atoms with Crippen LogP contribution < -0.4 is 5.32 Å². The molecule has 4 heterocycles. The molecule has 5 nitrogen and oxygen atoms in total. The second-order valence-corrected chi connectivity index (χ2v) is 5.93. The van der Waals surface area contributed by atoms with Gasteiger partial charge in [0.2, 0.25) is 5.01 Å². The lowest BCUT2D eigenvalue weighted by atomic mass is 9.84. The lowest BCUT2D eigenvalue weighted by molar-refractivity contribution is 0.0694. The SMILES string of the molecule is O=C(O)c1nc(CNC2CN3CCC2CC3)cs1. The van der Waals surface area contributed by atoms with Gasteiger partial charge in [-0.1, -0.05) is 0 Å². The summed E-state index contributed by atoms with van der Waals surface area (Å²) in [6.45, 7) is 4.28. The van der Waals surface area contributed by atoms with Crippen molar-refractivity contribution in [2.45, 2.75) is 25.4 Å². The average Bonchev–Trinajstić information content (AvgIpc) is 2.87. The topological polar surface area (TPSA) is 65.5 Å². The Balaban J connectivity index is 1.56. The molecule has 6 heteroatoms. The number of nitrogens with one attached hydrogen (secondary N) is 1. The number of nitrogens with zero attached hydrogens (tertiary/aromatic N) is 2. The molecule has 0 radical (unpaired) electrons. The summed E-state index contributed by atoms with van der Waals surface area (Å²) in [5.41, 5.74) is 0.842. The number of aromatic nitrogens is 1. The highest BCUT2D eigenvalue weighted by molar-refractivity contribution is 7.11. The van der Waals surface area contributed by atoms with E-state index in [-0.39, 0.29) is 5.01 Å². The molecule has 3 saturated heterocycles. The minimum atomic E-state index is -0.936. The average molecular weight is 267 g/mol. The molecule has 98 valence electrons. The van der Waals surface area contributed by atoms with Gasteiger partial charge in [-0.2, -0.15) is 0 Å². The van der Waals surface area contributed by atoms with Crippen molar-refractivity contribution in [3.63, 3.8) is 0 Å². The first-order chi connectivity index (χ1) is 8.72. The van der Waals surface area contributed by atoms with Crippen LogP contribution in [-0.4, -0.2) is 46.6 Å². The van der Waals surface area contributed by atoms with Gasteiger partial charge < -0.3 is 15.3 Å². The monoisotopic (exact) mass is 267 g/mol. The summed E-state index contributed by atoms with van der Waals surface area (Å²) in [6.07, 6.45) is 2.57. The lowest BCUT2D eigenvalue weighted by Crippen LogP contribution is -2.55. The maximum absolute atomic E-state index is 10.7. The van der Waals surface area contributed by atoms with E-state index < -0.39 is 5.97 Å². The molecule has 3 fully saturated rings. The Labute approximate surface area is 110 Å². The summed E-state index contributed by atoms with van der Waals surface area (Å²) in [5.74, 6) is -0.151. The Morgan fingerprint density at radius 1 is 1.56 bits per heavy atom. The molecule has 0 amide bonds. The standard InChI is InChI=1S/C12H17N3O2S/c16-12(17)11-14-9(7-18-11)5-13-10-6-15-3-1-8(10)2-4-15/h7-8,10,13H,1-6H2,(H,16,17). The van der Waals surface area contributed by atoms with E-state index in [1.165, 1.54) is 37.3 Å². The Bertz CT molecular complexity index is 440. The molecule has 0 aliphatic carbocycles. The van der Waals surface area contributed by atoms with Gasteiger partial charge in [-0.05, 0) is 31.8 Å². The first-order valence-electron chi connectivity index (χ1n) is 6.36. The smallest absolute Gasteiger partial charge is 0.365 e. The van der Waals surface area contributed by atoms with Crippen LogP contribution in [-0.2, 0) is 6.54 Å². The van der Waals surface area contributed by atoms with E-state index in [4.69, 9.17) is 5.11 Å².